The summed E-state index contributed by atoms with van der Waals surface area (Å²) in [5.74, 6) is -0.508. The van der Waals surface area contributed by atoms with Crippen LogP contribution in [0.1, 0.15) is 58.1 Å². The molecule has 10 heteroatoms. The quantitative estimate of drug-likeness (QED) is 0.116. The SMILES string of the molecule is C=NC(=C\F)/C(=C\C(F)=C(/C)c1cccc2ccc(F)c(CC)c12)C(=NCOCCCN1CC(C)OC(C)C1)N1CC2CCC(C1)N2. The third-order valence-corrected chi connectivity index (χ3v) is 9.35. The zero-order valence-corrected chi connectivity index (χ0v) is 28.1. The van der Waals surface area contributed by atoms with Gasteiger partial charge >= 0.3 is 0 Å². The summed E-state index contributed by atoms with van der Waals surface area (Å²) in [5, 5.41) is 5.10. The molecule has 47 heavy (non-hydrogen) atoms. The first-order chi connectivity index (χ1) is 22.7. The van der Waals surface area contributed by atoms with Crippen LogP contribution < -0.4 is 5.32 Å². The highest BCUT2D eigenvalue weighted by molar-refractivity contribution is 6.03. The Morgan fingerprint density at radius 2 is 1.83 bits per heavy atom. The molecule has 3 aliphatic heterocycles. The molecule has 254 valence electrons. The van der Waals surface area contributed by atoms with Gasteiger partial charge < -0.3 is 19.7 Å². The fourth-order valence-electron chi connectivity index (χ4n) is 7.24. The van der Waals surface area contributed by atoms with Gasteiger partial charge in [-0.1, -0.05) is 31.2 Å². The van der Waals surface area contributed by atoms with E-state index in [4.69, 9.17) is 14.5 Å². The molecule has 1 N–H and O–H groups in total. The van der Waals surface area contributed by atoms with Crippen molar-refractivity contribution in [3.8, 4) is 0 Å². The molecule has 0 radical (unpaired) electrons. The molecule has 4 atom stereocenters. The second kappa shape index (κ2) is 16.2. The smallest absolute Gasteiger partial charge is 0.139 e. The zero-order valence-electron chi connectivity index (χ0n) is 28.1. The molecule has 4 unspecified atom stereocenters. The minimum atomic E-state index is -0.595. The van der Waals surface area contributed by atoms with E-state index < -0.39 is 5.83 Å². The van der Waals surface area contributed by atoms with E-state index in [2.05, 4.69) is 40.7 Å². The van der Waals surface area contributed by atoms with Gasteiger partial charge in [0.15, 0.2) is 0 Å². The Bertz CT molecular complexity index is 1530. The van der Waals surface area contributed by atoms with Crippen molar-refractivity contribution in [1.82, 2.24) is 15.1 Å². The van der Waals surface area contributed by atoms with E-state index in [9.17, 15) is 8.78 Å². The van der Waals surface area contributed by atoms with Crippen molar-refractivity contribution in [1.29, 1.82) is 0 Å². The summed E-state index contributed by atoms with van der Waals surface area (Å²) in [4.78, 5) is 13.2. The number of amidine groups is 1. The van der Waals surface area contributed by atoms with Gasteiger partial charge in [-0.05, 0) is 92.8 Å². The average Bonchev–Trinajstić information content (AvgIpc) is 3.40. The van der Waals surface area contributed by atoms with Gasteiger partial charge in [-0.2, -0.15) is 0 Å². The van der Waals surface area contributed by atoms with Crippen molar-refractivity contribution < 1.29 is 22.6 Å². The van der Waals surface area contributed by atoms with E-state index >= 15 is 4.39 Å². The fourth-order valence-corrected chi connectivity index (χ4v) is 7.24. The topological polar surface area (TPSA) is 61.7 Å². The summed E-state index contributed by atoms with van der Waals surface area (Å²) in [5.41, 5.74) is 1.47. The third-order valence-electron chi connectivity index (χ3n) is 9.35. The molecule has 0 saturated carbocycles. The molecule has 7 nitrogen and oxygen atoms in total. The van der Waals surface area contributed by atoms with Gasteiger partial charge in [-0.15, -0.1) is 0 Å². The van der Waals surface area contributed by atoms with Crippen LogP contribution in [0.3, 0.4) is 0 Å². The molecule has 0 spiro atoms. The maximum absolute atomic E-state index is 16.4. The summed E-state index contributed by atoms with van der Waals surface area (Å²) < 4.78 is 57.4. The molecule has 0 aromatic heterocycles. The summed E-state index contributed by atoms with van der Waals surface area (Å²) in [6.45, 7) is 15.8. The summed E-state index contributed by atoms with van der Waals surface area (Å²) >= 11 is 0. The van der Waals surface area contributed by atoms with Crippen LogP contribution in [0.25, 0.3) is 16.3 Å². The molecule has 3 aliphatic rings. The molecule has 0 amide bonds. The Kier molecular flexibility index (Phi) is 12.1. The van der Waals surface area contributed by atoms with Crippen LogP contribution >= 0.6 is 0 Å². The highest BCUT2D eigenvalue weighted by atomic mass is 19.1. The number of halogens is 3. The minimum Gasteiger partial charge on any atom is -0.373 e. The van der Waals surface area contributed by atoms with Crippen molar-refractivity contribution >= 4 is 28.9 Å². The lowest BCUT2D eigenvalue weighted by Crippen LogP contribution is -2.53. The number of ether oxygens (including phenoxy) is 2. The van der Waals surface area contributed by atoms with Crippen LogP contribution in [0, 0.1) is 5.82 Å². The van der Waals surface area contributed by atoms with Gasteiger partial charge in [-0.25, -0.2) is 18.2 Å². The van der Waals surface area contributed by atoms with E-state index in [1.54, 1.807) is 19.1 Å². The van der Waals surface area contributed by atoms with E-state index in [0.717, 1.165) is 44.3 Å². The van der Waals surface area contributed by atoms with Crippen LogP contribution in [-0.2, 0) is 15.9 Å². The maximum atomic E-state index is 16.4. The minimum absolute atomic E-state index is 0.0331. The Morgan fingerprint density at radius 1 is 1.11 bits per heavy atom. The molecule has 3 fully saturated rings. The monoisotopic (exact) mass is 651 g/mol. The zero-order chi connectivity index (χ0) is 33.5. The molecule has 3 saturated heterocycles. The molecule has 2 aromatic rings. The molecule has 0 aliphatic carbocycles. The predicted molar refractivity (Wildman–Crippen MR) is 185 cm³/mol. The van der Waals surface area contributed by atoms with Gasteiger partial charge in [-0.3, -0.25) is 9.89 Å². The molecular weight excluding hydrogens is 603 g/mol. The van der Waals surface area contributed by atoms with E-state index in [0.29, 0.717) is 60.4 Å². The van der Waals surface area contributed by atoms with Gasteiger partial charge in [0, 0.05) is 50.4 Å². The lowest BCUT2D eigenvalue weighted by molar-refractivity contribution is -0.0693. The van der Waals surface area contributed by atoms with Crippen LogP contribution in [0.4, 0.5) is 13.2 Å². The third kappa shape index (κ3) is 8.41. The fraction of sp³-hybridized carbons (Fsp3) is 0.514. The Balaban J connectivity index is 1.45. The molecule has 3 heterocycles. The standard InChI is InChI=1S/C37H48F3N5O2/c1-6-30-33(39)14-11-27-9-7-10-31(36(27)30)26(4)34(40)17-32(35(18-38)41-5)37(45-21-28-12-13-29(22-45)43-28)42-23-46-16-8-15-44-19-24(2)47-25(3)20-44/h7,9-11,14,17-18,24-25,28-29,43H,5-6,8,12-13,15-16,19-23H2,1-4H3/b32-17+,34-26-,35-18-,42-37?. The van der Waals surface area contributed by atoms with Crippen LogP contribution in [0.2, 0.25) is 0 Å². The first-order valence-electron chi connectivity index (χ1n) is 16.8. The lowest BCUT2D eigenvalue weighted by atomic mass is 9.93. The second-order valence-corrected chi connectivity index (χ2v) is 12.9. The highest BCUT2D eigenvalue weighted by Crippen LogP contribution is 2.34. The van der Waals surface area contributed by atoms with Gasteiger partial charge in [0.2, 0.25) is 0 Å². The lowest BCUT2D eigenvalue weighted by Gasteiger charge is -2.36. The van der Waals surface area contributed by atoms with Crippen molar-refractivity contribution in [2.75, 3.05) is 46.1 Å². The van der Waals surface area contributed by atoms with Gasteiger partial charge in [0.1, 0.15) is 36.2 Å². The van der Waals surface area contributed by atoms with Crippen molar-refractivity contribution in [3.63, 3.8) is 0 Å². The van der Waals surface area contributed by atoms with E-state index in [1.807, 2.05) is 19.1 Å². The van der Waals surface area contributed by atoms with Crippen molar-refractivity contribution in [3.05, 3.63) is 76.8 Å². The van der Waals surface area contributed by atoms with Crippen LogP contribution in [-0.4, -0.2) is 92.7 Å². The number of aryl methyl sites for hydroxylation is 1. The van der Waals surface area contributed by atoms with E-state index in [1.165, 1.54) is 12.1 Å². The normalized spacial score (nSPS) is 25.0. The number of nitrogens with one attached hydrogen (secondary N) is 1. The Labute approximate surface area is 276 Å². The van der Waals surface area contributed by atoms with Crippen molar-refractivity contribution in [2.24, 2.45) is 9.98 Å². The number of rotatable bonds is 12. The first kappa shape index (κ1) is 35.0. The number of benzene rings is 2. The van der Waals surface area contributed by atoms with Crippen LogP contribution in [0.15, 0.2) is 69.8 Å². The number of morpholine rings is 1. The number of hydrogen-bond donors (Lipinski definition) is 1. The second-order valence-electron chi connectivity index (χ2n) is 12.9. The number of allylic oxidation sites excluding steroid dienone is 3. The average molecular weight is 652 g/mol. The summed E-state index contributed by atoms with van der Waals surface area (Å²) in [7, 11) is 0. The Hall–Kier alpha value is -3.31. The van der Waals surface area contributed by atoms with Crippen molar-refractivity contribution in [2.45, 2.75) is 77.7 Å². The summed E-state index contributed by atoms with van der Waals surface area (Å²) in [6, 6.07) is 9.17. The molecular formula is C37H48F3N5O2. The first-order valence-corrected chi connectivity index (χ1v) is 16.8. The highest BCUT2D eigenvalue weighted by Gasteiger charge is 2.35. The summed E-state index contributed by atoms with van der Waals surface area (Å²) in [6.07, 6.45) is 5.36. The molecule has 2 bridgehead atoms. The largest absolute Gasteiger partial charge is 0.373 e. The Morgan fingerprint density at radius 3 is 2.49 bits per heavy atom. The van der Waals surface area contributed by atoms with Crippen LogP contribution in [0.5, 0.6) is 0 Å². The number of piperazine rings is 1. The van der Waals surface area contributed by atoms with Gasteiger partial charge in [0.05, 0.1) is 18.8 Å². The number of nitrogens with zero attached hydrogens (tertiary/aromatic N) is 4. The maximum Gasteiger partial charge on any atom is 0.139 e. The number of fused-ring (bicyclic) bond motifs is 3. The number of aliphatic imine (C=N–C) groups is 2. The molecule has 5 rings (SSSR count). The van der Waals surface area contributed by atoms with Gasteiger partial charge in [0.25, 0.3) is 0 Å². The number of hydrogen-bond acceptors (Lipinski definition) is 6. The predicted octanol–water partition coefficient (Wildman–Crippen LogP) is 6.99. The molecule has 2 aromatic carbocycles. The van der Waals surface area contributed by atoms with E-state index in [-0.39, 0.29) is 48.1 Å². The number of likely N-dealkylation sites (tertiary alicyclic amines) is 1.